The van der Waals surface area contributed by atoms with Crippen molar-refractivity contribution in [2.75, 3.05) is 24.7 Å². The fraction of sp³-hybridized carbons (Fsp3) is 0.421. The van der Waals surface area contributed by atoms with Gasteiger partial charge < -0.3 is 9.64 Å². The smallest absolute Gasteiger partial charge is 0.339 e. The molecule has 2 heterocycles. The number of esters is 1. The molecule has 1 fully saturated rings. The van der Waals surface area contributed by atoms with Gasteiger partial charge in [0.05, 0.1) is 17.1 Å². The summed E-state index contributed by atoms with van der Waals surface area (Å²) in [6.07, 6.45) is 1.10. The zero-order valence-corrected chi connectivity index (χ0v) is 19.5. The van der Waals surface area contributed by atoms with Gasteiger partial charge in [0.1, 0.15) is 5.15 Å². The number of carbonyl (C=O) groups is 2. The third kappa shape index (κ3) is 5.96. The number of nitrogens with zero attached hydrogens (tertiary/aromatic N) is 2. The van der Waals surface area contributed by atoms with Crippen LogP contribution in [-0.4, -0.2) is 60.9 Å². The fourth-order valence-corrected chi connectivity index (χ4v) is 6.96. The summed E-state index contributed by atoms with van der Waals surface area (Å²) in [6, 6.07) is 6.54. The van der Waals surface area contributed by atoms with Gasteiger partial charge in [-0.25, -0.2) is 18.2 Å². The largest absolute Gasteiger partial charge is 0.452 e. The van der Waals surface area contributed by atoms with Crippen LogP contribution in [0.2, 0.25) is 5.15 Å². The van der Waals surface area contributed by atoms with Crippen LogP contribution < -0.4 is 0 Å². The van der Waals surface area contributed by atoms with E-state index in [1.165, 1.54) is 28.0 Å². The summed E-state index contributed by atoms with van der Waals surface area (Å²) in [4.78, 5) is 31.6. The van der Waals surface area contributed by atoms with Crippen molar-refractivity contribution in [2.45, 2.75) is 35.0 Å². The van der Waals surface area contributed by atoms with E-state index in [1.807, 2.05) is 6.92 Å². The van der Waals surface area contributed by atoms with Crippen LogP contribution in [0.5, 0.6) is 0 Å². The third-order valence-corrected chi connectivity index (χ3v) is 8.61. The van der Waals surface area contributed by atoms with E-state index in [2.05, 4.69) is 4.98 Å². The maximum Gasteiger partial charge on any atom is 0.339 e. The maximum absolute atomic E-state index is 12.7. The molecule has 0 saturated carbocycles. The lowest BCUT2D eigenvalue weighted by atomic mass is 10.2. The van der Waals surface area contributed by atoms with Crippen LogP contribution in [0.15, 0.2) is 38.9 Å². The van der Waals surface area contributed by atoms with Gasteiger partial charge in [-0.1, -0.05) is 42.4 Å². The molecule has 1 aliphatic rings. The van der Waals surface area contributed by atoms with Crippen LogP contribution in [0.3, 0.4) is 0 Å². The molecule has 0 unspecified atom stereocenters. The second-order valence-electron chi connectivity index (χ2n) is 6.75. The normalized spacial score (nSPS) is 17.6. The number of aromatic nitrogens is 1. The molecule has 0 aliphatic carbocycles. The molecule has 1 aliphatic heterocycles. The Labute approximate surface area is 188 Å². The van der Waals surface area contributed by atoms with Gasteiger partial charge in [-0.15, -0.1) is 11.3 Å². The molecular weight excluding hydrogens is 468 g/mol. The standard InChI is InChI=1S/C19H21ClN2O5S3/c1-2-8-22(13-7-9-30(25,26)12-13)17(23)10-27-18(24)14-5-3-4-6-15(14)29-19-21-16(20)11-28-19/h3-6,11,13H,2,7-10,12H2,1H3/t13-/m0/s1. The van der Waals surface area contributed by atoms with E-state index in [1.54, 1.807) is 29.6 Å². The molecule has 0 radical (unpaired) electrons. The first-order valence-corrected chi connectivity index (χ1v) is 13.2. The molecule has 7 nitrogen and oxygen atoms in total. The summed E-state index contributed by atoms with van der Waals surface area (Å²) in [7, 11) is -3.12. The predicted octanol–water partition coefficient (Wildman–Crippen LogP) is 3.53. The van der Waals surface area contributed by atoms with E-state index in [4.69, 9.17) is 16.3 Å². The van der Waals surface area contributed by atoms with E-state index in [9.17, 15) is 18.0 Å². The van der Waals surface area contributed by atoms with Crippen LogP contribution in [0.4, 0.5) is 0 Å². The van der Waals surface area contributed by atoms with Gasteiger partial charge in [0.25, 0.3) is 5.91 Å². The molecule has 2 aromatic rings. The SMILES string of the molecule is CCCN(C(=O)COC(=O)c1ccccc1Sc1nc(Cl)cs1)[C@H]1CCS(=O)(=O)C1. The van der Waals surface area contributed by atoms with Gasteiger partial charge in [0, 0.05) is 22.9 Å². The number of halogens is 1. The number of benzene rings is 1. The maximum atomic E-state index is 12.7. The van der Waals surface area contributed by atoms with E-state index in [0.29, 0.717) is 39.3 Å². The monoisotopic (exact) mass is 488 g/mol. The Morgan fingerprint density at radius 2 is 2.13 bits per heavy atom. The number of thiazole rings is 1. The van der Waals surface area contributed by atoms with E-state index in [0.717, 1.165) is 0 Å². The lowest BCUT2D eigenvalue weighted by Gasteiger charge is -2.27. The van der Waals surface area contributed by atoms with Gasteiger partial charge in [-0.2, -0.15) is 0 Å². The van der Waals surface area contributed by atoms with Gasteiger partial charge in [-0.05, 0) is 25.0 Å². The molecule has 1 amide bonds. The summed E-state index contributed by atoms with van der Waals surface area (Å²) < 4.78 is 29.5. The van der Waals surface area contributed by atoms with E-state index >= 15 is 0 Å². The summed E-state index contributed by atoms with van der Waals surface area (Å²) >= 11 is 8.51. The van der Waals surface area contributed by atoms with Crippen molar-refractivity contribution >= 4 is 56.4 Å². The van der Waals surface area contributed by atoms with Crippen LogP contribution in [0, 0.1) is 0 Å². The number of carbonyl (C=O) groups excluding carboxylic acids is 2. The first-order valence-electron chi connectivity index (χ1n) is 9.34. The number of hydrogen-bond donors (Lipinski definition) is 0. The predicted molar refractivity (Wildman–Crippen MR) is 117 cm³/mol. The zero-order valence-electron chi connectivity index (χ0n) is 16.2. The van der Waals surface area contributed by atoms with Crippen LogP contribution in [-0.2, 0) is 19.4 Å². The zero-order chi connectivity index (χ0) is 21.7. The van der Waals surface area contributed by atoms with E-state index < -0.39 is 22.4 Å². The van der Waals surface area contributed by atoms with Crippen molar-refractivity contribution in [3.8, 4) is 0 Å². The number of sulfone groups is 1. The molecule has 1 aromatic carbocycles. The molecule has 11 heteroatoms. The number of amides is 1. The van der Waals surface area contributed by atoms with Crippen molar-refractivity contribution in [2.24, 2.45) is 0 Å². The first-order chi connectivity index (χ1) is 14.3. The second-order valence-corrected chi connectivity index (χ2v) is 11.5. The Kier molecular flexibility index (Phi) is 7.78. The Morgan fingerprint density at radius 3 is 2.77 bits per heavy atom. The quantitative estimate of drug-likeness (QED) is 0.524. The van der Waals surface area contributed by atoms with Gasteiger partial charge >= 0.3 is 5.97 Å². The topological polar surface area (TPSA) is 93.6 Å². The minimum absolute atomic E-state index is 0.0392. The number of ether oxygens (including phenoxy) is 1. The van der Waals surface area contributed by atoms with Crippen molar-refractivity contribution in [1.29, 1.82) is 0 Å². The highest BCUT2D eigenvalue weighted by Crippen LogP contribution is 2.33. The third-order valence-electron chi connectivity index (χ3n) is 4.52. The second kappa shape index (κ2) is 10.1. The van der Waals surface area contributed by atoms with Gasteiger partial charge in [0.2, 0.25) is 0 Å². The van der Waals surface area contributed by atoms with Gasteiger partial charge in [-0.3, -0.25) is 4.79 Å². The van der Waals surface area contributed by atoms with Crippen molar-refractivity contribution < 1.29 is 22.7 Å². The molecule has 0 N–H and O–H groups in total. The Hall–Kier alpha value is -1.62. The highest BCUT2D eigenvalue weighted by atomic mass is 35.5. The number of rotatable bonds is 8. The van der Waals surface area contributed by atoms with Crippen molar-refractivity contribution in [1.82, 2.24) is 9.88 Å². The number of hydrogen-bond acceptors (Lipinski definition) is 8. The Bertz CT molecular complexity index is 1020. The highest BCUT2D eigenvalue weighted by Gasteiger charge is 2.34. The minimum atomic E-state index is -3.12. The fourth-order valence-electron chi connectivity index (χ4n) is 3.17. The molecule has 162 valence electrons. The molecule has 3 rings (SSSR count). The van der Waals surface area contributed by atoms with Gasteiger partial charge in [0.15, 0.2) is 20.8 Å². The lowest BCUT2D eigenvalue weighted by Crippen LogP contribution is -2.43. The van der Waals surface area contributed by atoms with Crippen molar-refractivity contribution in [3.63, 3.8) is 0 Å². The Balaban J connectivity index is 1.65. The average molecular weight is 489 g/mol. The molecule has 0 bridgehead atoms. The van der Waals surface area contributed by atoms with Crippen molar-refractivity contribution in [3.05, 3.63) is 40.4 Å². The van der Waals surface area contributed by atoms with Crippen LogP contribution in [0.1, 0.15) is 30.1 Å². The first kappa shape index (κ1) is 23.1. The molecule has 1 atom stereocenters. The minimum Gasteiger partial charge on any atom is -0.452 e. The Morgan fingerprint density at radius 1 is 1.37 bits per heavy atom. The highest BCUT2D eigenvalue weighted by molar-refractivity contribution is 8.01. The summed E-state index contributed by atoms with van der Waals surface area (Å²) in [5.74, 6) is -0.965. The van der Waals surface area contributed by atoms with E-state index in [-0.39, 0.29) is 23.5 Å². The lowest BCUT2D eigenvalue weighted by molar-refractivity contribution is -0.136. The van der Waals surface area contributed by atoms with Crippen LogP contribution >= 0.6 is 34.7 Å². The molecule has 30 heavy (non-hydrogen) atoms. The van der Waals surface area contributed by atoms with Crippen LogP contribution in [0.25, 0.3) is 0 Å². The summed E-state index contributed by atoms with van der Waals surface area (Å²) in [5, 5.41) is 2.09. The molecule has 0 spiro atoms. The summed E-state index contributed by atoms with van der Waals surface area (Å²) in [5.41, 5.74) is 0.326. The molecule has 1 aromatic heterocycles. The molecular formula is C19H21ClN2O5S3. The average Bonchev–Trinajstić information content (AvgIpc) is 3.28. The summed E-state index contributed by atoms with van der Waals surface area (Å²) in [6.45, 7) is 1.90. The molecule has 1 saturated heterocycles.